The van der Waals surface area contributed by atoms with Crippen LogP contribution in [0.15, 0.2) is 45.7 Å². The van der Waals surface area contributed by atoms with Gasteiger partial charge in [0.2, 0.25) is 0 Å². The minimum absolute atomic E-state index is 0.0847. The predicted octanol–water partition coefficient (Wildman–Crippen LogP) is 6.40. The molecule has 2 fully saturated rings. The van der Waals surface area contributed by atoms with Crippen LogP contribution in [0.2, 0.25) is 5.02 Å². The fraction of sp³-hybridized carbons (Fsp3) is 0.543. The number of hydrogen-bond acceptors (Lipinski definition) is 9. The average Bonchev–Trinajstić information content (AvgIpc) is 3.07. The van der Waals surface area contributed by atoms with Crippen molar-refractivity contribution in [2.45, 2.75) is 83.9 Å². The molecule has 0 spiro atoms. The number of piperazine rings is 1. The third-order valence-electron chi connectivity index (χ3n) is 9.14. The first-order valence-corrected chi connectivity index (χ1v) is 17.9. The van der Waals surface area contributed by atoms with E-state index in [2.05, 4.69) is 25.8 Å². The first kappa shape index (κ1) is 35.3. The average molecular weight is 761 g/mol. The third-order valence-corrected chi connectivity index (χ3v) is 10.5. The molecule has 14 heteroatoms. The molecule has 2 aromatic carbocycles. The molecule has 0 radical (unpaired) electrons. The van der Waals surface area contributed by atoms with E-state index in [0.29, 0.717) is 71.0 Å². The summed E-state index contributed by atoms with van der Waals surface area (Å²) < 4.78 is 26.0. The number of rotatable bonds is 6. The third kappa shape index (κ3) is 7.63. The van der Waals surface area contributed by atoms with Crippen LogP contribution >= 0.6 is 27.5 Å². The van der Waals surface area contributed by atoms with Crippen molar-refractivity contribution in [1.82, 2.24) is 19.4 Å². The molecule has 264 valence electrons. The molecular weight excluding hydrogens is 718 g/mol. The van der Waals surface area contributed by atoms with Gasteiger partial charge >= 0.3 is 17.9 Å². The second-order valence-corrected chi connectivity index (χ2v) is 15.2. The lowest BCUT2D eigenvalue weighted by Gasteiger charge is -2.45. The van der Waals surface area contributed by atoms with E-state index in [1.165, 1.54) is 0 Å². The molecule has 12 nitrogen and oxygen atoms in total. The van der Waals surface area contributed by atoms with Crippen molar-refractivity contribution < 1.29 is 28.5 Å². The Hall–Kier alpha value is -3.55. The first-order valence-electron chi connectivity index (χ1n) is 16.7. The van der Waals surface area contributed by atoms with E-state index in [1.54, 1.807) is 20.4 Å². The van der Waals surface area contributed by atoms with Gasteiger partial charge in [-0.1, -0.05) is 41.9 Å². The summed E-state index contributed by atoms with van der Waals surface area (Å²) in [7, 11) is 0. The van der Waals surface area contributed by atoms with Gasteiger partial charge in [0.1, 0.15) is 30.1 Å². The van der Waals surface area contributed by atoms with Crippen LogP contribution < -0.4 is 15.3 Å². The Bertz CT molecular complexity index is 1760. The van der Waals surface area contributed by atoms with Crippen LogP contribution in [0.1, 0.15) is 59.1 Å². The Morgan fingerprint density at radius 3 is 2.47 bits per heavy atom. The van der Waals surface area contributed by atoms with Crippen LogP contribution in [-0.4, -0.2) is 94.7 Å². The van der Waals surface area contributed by atoms with Crippen molar-refractivity contribution in [2.75, 3.05) is 44.3 Å². The molecule has 3 aliphatic rings. The normalized spacial score (nSPS) is 21.4. The smallest absolute Gasteiger partial charge is 0.410 e. The molecule has 0 unspecified atom stereocenters. The molecule has 0 bridgehead atoms. The number of carbonyl (C=O) groups is 2. The molecule has 3 aliphatic heterocycles. The number of halogens is 2. The quantitative estimate of drug-likeness (QED) is 0.282. The number of piperidine rings is 1. The number of ether oxygens (including phenoxy) is 4. The minimum Gasteiger partial charge on any atom is -0.488 e. The number of nitrogens with zero attached hydrogens (tertiary/aromatic N) is 5. The Labute approximate surface area is 299 Å². The highest BCUT2D eigenvalue weighted by molar-refractivity contribution is 9.10. The molecule has 2 saturated heterocycles. The van der Waals surface area contributed by atoms with E-state index in [4.69, 9.17) is 30.5 Å². The van der Waals surface area contributed by atoms with Crippen LogP contribution in [0.4, 0.5) is 15.4 Å². The molecule has 4 heterocycles. The zero-order chi connectivity index (χ0) is 35.0. The molecule has 3 aromatic rings. The molecule has 0 saturated carbocycles. The van der Waals surface area contributed by atoms with E-state index in [0.717, 1.165) is 5.56 Å². The number of benzene rings is 2. The minimum atomic E-state index is -0.609. The van der Waals surface area contributed by atoms with Gasteiger partial charge in [-0.3, -0.25) is 4.57 Å². The number of hydrogen-bond donors (Lipinski definition) is 0. The highest BCUT2D eigenvalue weighted by Crippen LogP contribution is 2.44. The maximum absolute atomic E-state index is 13.9. The number of carbonyl (C=O) groups excluding carboxylic acids is 2. The summed E-state index contributed by atoms with van der Waals surface area (Å²) >= 11 is 10.3. The van der Waals surface area contributed by atoms with Crippen molar-refractivity contribution in [3.63, 3.8) is 0 Å². The Kier molecular flexibility index (Phi) is 10.3. The van der Waals surface area contributed by atoms with E-state index < -0.39 is 17.3 Å². The van der Waals surface area contributed by atoms with Gasteiger partial charge in [-0.05, 0) is 75.0 Å². The molecule has 3 atom stereocenters. The van der Waals surface area contributed by atoms with Crippen molar-refractivity contribution in [3.05, 3.63) is 61.9 Å². The molecule has 2 amide bonds. The summed E-state index contributed by atoms with van der Waals surface area (Å²) in [6.45, 7) is 12.1. The summed E-state index contributed by atoms with van der Waals surface area (Å²) in [6.07, 6.45) is 0.516. The van der Waals surface area contributed by atoms with Gasteiger partial charge in [0.15, 0.2) is 5.75 Å². The Balaban J connectivity index is 1.16. The molecule has 0 aliphatic carbocycles. The molecular formula is C35H43BrClN5O7. The summed E-state index contributed by atoms with van der Waals surface area (Å²) in [6, 6.07) is 10.6. The zero-order valence-corrected chi connectivity index (χ0v) is 30.8. The SMILES string of the molecule is C[C@H]1CN(c2nc(=O)n3c4c(c(Br)c(Cl)cc24)OC[C@@H]3COC2CCN(C(=O)OCc3ccccc3)CC2)[C@@H](C)CN1C(=O)OC(C)(C)C. The van der Waals surface area contributed by atoms with Gasteiger partial charge in [-0.2, -0.15) is 4.98 Å². The van der Waals surface area contributed by atoms with Gasteiger partial charge in [-0.15, -0.1) is 0 Å². The second-order valence-electron chi connectivity index (χ2n) is 14.0. The van der Waals surface area contributed by atoms with E-state index in [9.17, 15) is 14.4 Å². The van der Waals surface area contributed by atoms with Crippen LogP contribution in [-0.2, 0) is 20.8 Å². The summed E-state index contributed by atoms with van der Waals surface area (Å²) in [5.41, 5.74) is 0.510. The zero-order valence-electron chi connectivity index (χ0n) is 28.5. The standard InChI is InChI=1S/C35H43BrClN5O7/c1-21-17-41(34(45)49-35(3,4)5)22(2)16-40(21)31-26-15-27(37)28(36)30-29(26)42(32(43)38-31)24(20-47-30)19-46-25-11-13-39(14-12-25)33(44)48-18-23-9-7-6-8-10-23/h6-10,15,21-22,24-25H,11-14,16-20H2,1-5H3/t21-,22-,24-/m0/s1. The fourth-order valence-electron chi connectivity index (χ4n) is 6.63. The Morgan fingerprint density at radius 1 is 1.06 bits per heavy atom. The lowest BCUT2D eigenvalue weighted by molar-refractivity contribution is -0.0153. The van der Waals surface area contributed by atoms with Crippen molar-refractivity contribution in [1.29, 1.82) is 0 Å². The van der Waals surface area contributed by atoms with Gasteiger partial charge in [0.25, 0.3) is 0 Å². The monoisotopic (exact) mass is 759 g/mol. The highest BCUT2D eigenvalue weighted by atomic mass is 79.9. The van der Waals surface area contributed by atoms with Crippen molar-refractivity contribution in [3.8, 4) is 5.75 Å². The van der Waals surface area contributed by atoms with Crippen LogP contribution in [0, 0.1) is 0 Å². The summed E-state index contributed by atoms with van der Waals surface area (Å²) in [5, 5.41) is 1.12. The van der Waals surface area contributed by atoms with Crippen LogP contribution in [0.3, 0.4) is 0 Å². The second kappa shape index (κ2) is 14.4. The van der Waals surface area contributed by atoms with Gasteiger partial charge in [0, 0.05) is 43.6 Å². The van der Waals surface area contributed by atoms with Gasteiger partial charge < -0.3 is 33.6 Å². The van der Waals surface area contributed by atoms with Gasteiger partial charge in [0.05, 0.1) is 28.2 Å². The van der Waals surface area contributed by atoms with Crippen molar-refractivity contribution in [2.24, 2.45) is 0 Å². The van der Waals surface area contributed by atoms with E-state index in [1.807, 2.05) is 65.0 Å². The van der Waals surface area contributed by atoms with Gasteiger partial charge in [-0.25, -0.2) is 14.4 Å². The lowest BCUT2D eigenvalue weighted by Crippen LogP contribution is -2.59. The van der Waals surface area contributed by atoms with Crippen LogP contribution in [0.5, 0.6) is 5.75 Å². The Morgan fingerprint density at radius 2 is 1.78 bits per heavy atom. The van der Waals surface area contributed by atoms with Crippen LogP contribution in [0.25, 0.3) is 10.9 Å². The molecule has 49 heavy (non-hydrogen) atoms. The van der Waals surface area contributed by atoms with E-state index >= 15 is 0 Å². The fourth-order valence-corrected chi connectivity index (χ4v) is 7.24. The predicted molar refractivity (Wildman–Crippen MR) is 190 cm³/mol. The molecule has 1 aromatic heterocycles. The summed E-state index contributed by atoms with van der Waals surface area (Å²) in [4.78, 5) is 49.6. The first-order chi connectivity index (χ1) is 23.3. The maximum Gasteiger partial charge on any atom is 0.410 e. The van der Waals surface area contributed by atoms with E-state index in [-0.39, 0.29) is 50.2 Å². The van der Waals surface area contributed by atoms with Crippen molar-refractivity contribution >= 4 is 56.4 Å². The topological polar surface area (TPSA) is 116 Å². The largest absolute Gasteiger partial charge is 0.488 e. The highest BCUT2D eigenvalue weighted by Gasteiger charge is 2.38. The lowest BCUT2D eigenvalue weighted by atomic mass is 10.1. The number of likely N-dealkylation sites (tertiary alicyclic amines) is 1. The molecule has 0 N–H and O–H groups in total. The number of aromatic nitrogens is 2. The molecule has 6 rings (SSSR count). The maximum atomic E-state index is 13.9. The summed E-state index contributed by atoms with van der Waals surface area (Å²) in [5.74, 6) is 0.974. The number of anilines is 1. The number of amides is 2.